The Morgan fingerprint density at radius 3 is 2.18 bits per heavy atom. The van der Waals surface area contributed by atoms with Gasteiger partial charge in [-0.15, -0.1) is 0 Å². The standard InChI is InChI=1S/C16H19NO5/c1-10-5-6-11-12(7-10)17(2)15(20)16(11,8-13(18)21-3)9-14(19)22-4/h5-7H,8-9H2,1-4H3. The molecule has 118 valence electrons. The zero-order chi connectivity index (χ0) is 16.5. The molecule has 0 N–H and O–H groups in total. The van der Waals surface area contributed by atoms with E-state index in [0.29, 0.717) is 11.3 Å². The van der Waals surface area contributed by atoms with E-state index < -0.39 is 17.4 Å². The maximum atomic E-state index is 12.8. The monoisotopic (exact) mass is 305 g/mol. The van der Waals surface area contributed by atoms with Crippen molar-refractivity contribution in [2.45, 2.75) is 25.2 Å². The summed E-state index contributed by atoms with van der Waals surface area (Å²) in [6.07, 6.45) is -0.393. The Morgan fingerprint density at radius 1 is 1.14 bits per heavy atom. The van der Waals surface area contributed by atoms with E-state index in [-0.39, 0.29) is 18.7 Å². The molecule has 1 aromatic rings. The van der Waals surface area contributed by atoms with Gasteiger partial charge in [-0.3, -0.25) is 14.4 Å². The van der Waals surface area contributed by atoms with Crippen LogP contribution in [0.5, 0.6) is 0 Å². The summed E-state index contributed by atoms with van der Waals surface area (Å²) in [6, 6.07) is 5.51. The minimum atomic E-state index is -1.27. The topological polar surface area (TPSA) is 72.9 Å². The number of aryl methyl sites for hydroxylation is 1. The Balaban J connectivity index is 2.59. The minimum Gasteiger partial charge on any atom is -0.469 e. The highest BCUT2D eigenvalue weighted by Gasteiger charge is 2.52. The first-order valence-corrected chi connectivity index (χ1v) is 6.88. The highest BCUT2D eigenvalue weighted by atomic mass is 16.5. The molecule has 2 rings (SSSR count). The van der Waals surface area contributed by atoms with Gasteiger partial charge in [0.2, 0.25) is 5.91 Å². The molecule has 0 spiro atoms. The Kier molecular flexibility index (Phi) is 4.21. The van der Waals surface area contributed by atoms with Gasteiger partial charge in [-0.05, 0) is 24.1 Å². The zero-order valence-corrected chi connectivity index (χ0v) is 13.1. The largest absolute Gasteiger partial charge is 0.469 e. The first-order chi connectivity index (χ1) is 10.4. The Labute approximate surface area is 129 Å². The van der Waals surface area contributed by atoms with E-state index in [1.165, 1.54) is 19.1 Å². The van der Waals surface area contributed by atoms with E-state index in [1.807, 2.05) is 19.1 Å². The number of nitrogens with zero attached hydrogens (tertiary/aromatic N) is 1. The van der Waals surface area contributed by atoms with E-state index in [1.54, 1.807) is 13.1 Å². The van der Waals surface area contributed by atoms with Gasteiger partial charge in [-0.25, -0.2) is 0 Å². The number of esters is 2. The van der Waals surface area contributed by atoms with Crippen molar-refractivity contribution in [1.82, 2.24) is 0 Å². The molecule has 0 atom stereocenters. The van der Waals surface area contributed by atoms with Crippen LogP contribution in [-0.2, 0) is 29.3 Å². The fourth-order valence-electron chi connectivity index (χ4n) is 2.91. The van der Waals surface area contributed by atoms with Crippen LogP contribution >= 0.6 is 0 Å². The van der Waals surface area contributed by atoms with Crippen LogP contribution in [0.2, 0.25) is 0 Å². The third-order valence-corrected chi connectivity index (χ3v) is 4.09. The Bertz CT molecular complexity index is 619. The lowest BCUT2D eigenvalue weighted by Crippen LogP contribution is -2.42. The van der Waals surface area contributed by atoms with Crippen LogP contribution < -0.4 is 4.90 Å². The Hall–Kier alpha value is -2.37. The van der Waals surface area contributed by atoms with E-state index in [2.05, 4.69) is 0 Å². The molecule has 0 aromatic heterocycles. The molecule has 6 nitrogen and oxygen atoms in total. The normalized spacial score (nSPS) is 15.5. The van der Waals surface area contributed by atoms with Crippen LogP contribution in [0.1, 0.15) is 24.0 Å². The number of anilines is 1. The number of ether oxygens (including phenoxy) is 2. The number of likely N-dealkylation sites (N-methyl/N-ethyl adjacent to an activating group) is 1. The highest BCUT2D eigenvalue weighted by molar-refractivity contribution is 6.11. The summed E-state index contributed by atoms with van der Waals surface area (Å²) >= 11 is 0. The third-order valence-electron chi connectivity index (χ3n) is 4.09. The molecule has 0 aliphatic carbocycles. The molecule has 0 bridgehead atoms. The zero-order valence-electron chi connectivity index (χ0n) is 13.1. The van der Waals surface area contributed by atoms with Gasteiger partial charge in [0.15, 0.2) is 0 Å². The predicted octanol–water partition coefficient (Wildman–Crippen LogP) is 1.34. The molecular weight excluding hydrogens is 286 g/mol. The van der Waals surface area contributed by atoms with Gasteiger partial charge in [0.1, 0.15) is 0 Å². The molecule has 1 aliphatic rings. The lowest BCUT2D eigenvalue weighted by molar-refractivity contribution is -0.148. The summed E-state index contributed by atoms with van der Waals surface area (Å²) in [5.41, 5.74) is 1.09. The van der Waals surface area contributed by atoms with Crippen molar-refractivity contribution in [1.29, 1.82) is 0 Å². The molecule has 1 aliphatic heterocycles. The van der Waals surface area contributed by atoms with Crippen LogP contribution in [0.4, 0.5) is 5.69 Å². The number of methoxy groups -OCH3 is 2. The van der Waals surface area contributed by atoms with Gasteiger partial charge in [-0.2, -0.15) is 0 Å². The van der Waals surface area contributed by atoms with E-state index in [9.17, 15) is 14.4 Å². The number of carbonyl (C=O) groups excluding carboxylic acids is 3. The second-order valence-corrected chi connectivity index (χ2v) is 5.47. The predicted molar refractivity (Wildman–Crippen MR) is 79.5 cm³/mol. The average molecular weight is 305 g/mol. The van der Waals surface area contributed by atoms with Crippen molar-refractivity contribution in [2.24, 2.45) is 0 Å². The fourth-order valence-corrected chi connectivity index (χ4v) is 2.91. The smallest absolute Gasteiger partial charge is 0.306 e. The van der Waals surface area contributed by atoms with Crippen molar-refractivity contribution in [3.05, 3.63) is 29.3 Å². The van der Waals surface area contributed by atoms with Gasteiger partial charge in [0.05, 0.1) is 32.5 Å². The van der Waals surface area contributed by atoms with Gasteiger partial charge in [0.25, 0.3) is 0 Å². The quantitative estimate of drug-likeness (QED) is 0.785. The Morgan fingerprint density at radius 2 is 1.68 bits per heavy atom. The molecule has 6 heteroatoms. The average Bonchev–Trinajstić information content (AvgIpc) is 2.69. The number of hydrogen-bond donors (Lipinski definition) is 0. The molecule has 1 aromatic carbocycles. The summed E-state index contributed by atoms with van der Waals surface area (Å²) in [4.78, 5) is 37.9. The van der Waals surface area contributed by atoms with Gasteiger partial charge < -0.3 is 14.4 Å². The summed E-state index contributed by atoms with van der Waals surface area (Å²) in [5, 5.41) is 0. The number of amides is 1. The summed E-state index contributed by atoms with van der Waals surface area (Å²) < 4.78 is 9.43. The summed E-state index contributed by atoms with van der Waals surface area (Å²) in [6.45, 7) is 1.92. The second-order valence-electron chi connectivity index (χ2n) is 5.47. The number of benzene rings is 1. The first-order valence-electron chi connectivity index (χ1n) is 6.88. The van der Waals surface area contributed by atoms with Crippen LogP contribution in [0.25, 0.3) is 0 Å². The minimum absolute atomic E-state index is 0.197. The van der Waals surface area contributed by atoms with Crippen LogP contribution in [0, 0.1) is 6.92 Å². The van der Waals surface area contributed by atoms with Crippen molar-refractivity contribution in [3.63, 3.8) is 0 Å². The summed E-state index contributed by atoms with van der Waals surface area (Å²) in [5.74, 6) is -1.39. The number of carbonyl (C=O) groups is 3. The van der Waals surface area contributed by atoms with E-state index >= 15 is 0 Å². The molecule has 0 saturated carbocycles. The van der Waals surface area contributed by atoms with Crippen molar-refractivity contribution in [2.75, 3.05) is 26.2 Å². The van der Waals surface area contributed by atoms with E-state index in [0.717, 1.165) is 5.56 Å². The van der Waals surface area contributed by atoms with Gasteiger partial charge in [0, 0.05) is 12.7 Å². The maximum Gasteiger partial charge on any atom is 0.306 e. The number of fused-ring (bicyclic) bond motifs is 1. The molecule has 1 amide bonds. The number of hydrogen-bond acceptors (Lipinski definition) is 5. The van der Waals surface area contributed by atoms with Crippen LogP contribution in [0.15, 0.2) is 18.2 Å². The van der Waals surface area contributed by atoms with E-state index in [4.69, 9.17) is 9.47 Å². The molecular formula is C16H19NO5. The van der Waals surface area contributed by atoms with Crippen molar-refractivity contribution in [3.8, 4) is 0 Å². The van der Waals surface area contributed by atoms with Crippen LogP contribution in [0.3, 0.4) is 0 Å². The lowest BCUT2D eigenvalue weighted by atomic mass is 9.75. The molecule has 0 saturated heterocycles. The van der Waals surface area contributed by atoms with Gasteiger partial charge in [-0.1, -0.05) is 12.1 Å². The molecule has 1 heterocycles. The third kappa shape index (κ3) is 2.45. The lowest BCUT2D eigenvalue weighted by Gasteiger charge is -2.25. The van der Waals surface area contributed by atoms with Gasteiger partial charge >= 0.3 is 11.9 Å². The maximum absolute atomic E-state index is 12.8. The van der Waals surface area contributed by atoms with Crippen LogP contribution in [-0.4, -0.2) is 39.1 Å². The fraction of sp³-hybridized carbons (Fsp3) is 0.438. The molecule has 22 heavy (non-hydrogen) atoms. The SMILES string of the molecule is COC(=O)CC1(CC(=O)OC)C(=O)N(C)c2cc(C)ccc21. The molecule has 0 fully saturated rings. The van der Waals surface area contributed by atoms with Crippen molar-refractivity contribution >= 4 is 23.5 Å². The highest BCUT2D eigenvalue weighted by Crippen LogP contribution is 2.46. The first kappa shape index (κ1) is 16.0. The number of rotatable bonds is 4. The molecule has 0 unspecified atom stereocenters. The summed E-state index contributed by atoms with van der Waals surface area (Å²) in [7, 11) is 4.15. The molecule has 0 radical (unpaired) electrons. The second kappa shape index (κ2) is 5.79. The van der Waals surface area contributed by atoms with Crippen molar-refractivity contribution < 1.29 is 23.9 Å².